The van der Waals surface area contributed by atoms with Crippen LogP contribution in [0.2, 0.25) is 5.02 Å². The summed E-state index contributed by atoms with van der Waals surface area (Å²) in [4.78, 5) is 4.55. The lowest BCUT2D eigenvalue weighted by Gasteiger charge is -2.18. The highest BCUT2D eigenvalue weighted by Gasteiger charge is 2.21. The normalized spacial score (nSPS) is 16.7. The number of halogens is 1. The first-order valence-corrected chi connectivity index (χ1v) is 6.92. The van der Waals surface area contributed by atoms with Crippen molar-refractivity contribution in [1.29, 1.82) is 0 Å². The number of aromatic nitrogens is 2. The SMILES string of the molecule is Cc1cc(Cl)ccc1-c1nc(C2CCNCC2)no1. The van der Waals surface area contributed by atoms with E-state index in [0.717, 1.165) is 47.9 Å². The summed E-state index contributed by atoms with van der Waals surface area (Å²) in [6.45, 7) is 4.04. The van der Waals surface area contributed by atoms with Gasteiger partial charge in [0.25, 0.3) is 5.89 Å². The third-order valence-electron chi connectivity index (χ3n) is 3.56. The van der Waals surface area contributed by atoms with E-state index in [1.165, 1.54) is 0 Å². The van der Waals surface area contributed by atoms with Crippen LogP contribution in [0.4, 0.5) is 0 Å². The van der Waals surface area contributed by atoms with Gasteiger partial charge in [-0.2, -0.15) is 4.98 Å². The van der Waals surface area contributed by atoms with E-state index in [-0.39, 0.29) is 0 Å². The van der Waals surface area contributed by atoms with Crippen molar-refractivity contribution in [2.45, 2.75) is 25.7 Å². The molecule has 0 saturated carbocycles. The molecule has 2 aromatic rings. The third-order valence-corrected chi connectivity index (χ3v) is 3.80. The average molecular weight is 278 g/mol. The lowest BCUT2D eigenvalue weighted by molar-refractivity contribution is 0.392. The van der Waals surface area contributed by atoms with Gasteiger partial charge >= 0.3 is 0 Å². The van der Waals surface area contributed by atoms with E-state index < -0.39 is 0 Å². The molecule has 0 radical (unpaired) electrons. The van der Waals surface area contributed by atoms with Crippen molar-refractivity contribution in [1.82, 2.24) is 15.5 Å². The lowest BCUT2D eigenvalue weighted by atomic mass is 9.97. The van der Waals surface area contributed by atoms with Gasteiger partial charge in [0.2, 0.25) is 0 Å². The first kappa shape index (κ1) is 12.6. The molecule has 1 fully saturated rings. The lowest BCUT2D eigenvalue weighted by Crippen LogP contribution is -2.27. The standard InChI is InChI=1S/C14H16ClN3O/c1-9-8-11(15)2-3-12(9)14-17-13(18-19-14)10-4-6-16-7-5-10/h2-3,8,10,16H,4-7H2,1H3. The second-order valence-corrected chi connectivity index (χ2v) is 5.38. The van der Waals surface area contributed by atoms with E-state index in [1.54, 1.807) is 0 Å². The number of piperidine rings is 1. The predicted molar refractivity (Wildman–Crippen MR) is 74.3 cm³/mol. The summed E-state index contributed by atoms with van der Waals surface area (Å²) in [5, 5.41) is 8.19. The van der Waals surface area contributed by atoms with Crippen molar-refractivity contribution >= 4 is 11.6 Å². The first-order chi connectivity index (χ1) is 9.24. The van der Waals surface area contributed by atoms with E-state index in [2.05, 4.69) is 15.5 Å². The van der Waals surface area contributed by atoms with Crippen molar-refractivity contribution in [2.75, 3.05) is 13.1 Å². The molecule has 0 amide bonds. The van der Waals surface area contributed by atoms with Gasteiger partial charge in [-0.3, -0.25) is 0 Å². The average Bonchev–Trinajstić information content (AvgIpc) is 2.89. The van der Waals surface area contributed by atoms with E-state index in [1.807, 2.05) is 25.1 Å². The molecule has 0 atom stereocenters. The molecule has 0 aliphatic carbocycles. The molecule has 1 aliphatic rings. The molecule has 5 heteroatoms. The smallest absolute Gasteiger partial charge is 0.258 e. The number of rotatable bonds is 2. The number of hydrogen-bond acceptors (Lipinski definition) is 4. The summed E-state index contributed by atoms with van der Waals surface area (Å²) in [5.74, 6) is 1.82. The highest BCUT2D eigenvalue weighted by atomic mass is 35.5. The maximum absolute atomic E-state index is 5.96. The molecule has 100 valence electrons. The number of hydrogen-bond donors (Lipinski definition) is 1. The summed E-state index contributed by atoms with van der Waals surface area (Å²) in [6, 6.07) is 5.68. The fraction of sp³-hybridized carbons (Fsp3) is 0.429. The zero-order valence-corrected chi connectivity index (χ0v) is 11.6. The number of nitrogens with zero attached hydrogens (tertiary/aromatic N) is 2. The Labute approximate surface area is 117 Å². The van der Waals surface area contributed by atoms with E-state index >= 15 is 0 Å². The summed E-state index contributed by atoms with van der Waals surface area (Å²) in [6.07, 6.45) is 2.14. The Balaban J connectivity index is 1.87. The number of aryl methyl sites for hydroxylation is 1. The molecule has 0 unspecified atom stereocenters. The summed E-state index contributed by atoms with van der Waals surface area (Å²) in [5.41, 5.74) is 2.00. The van der Waals surface area contributed by atoms with Crippen LogP contribution in [0.5, 0.6) is 0 Å². The molecule has 1 saturated heterocycles. The van der Waals surface area contributed by atoms with Crippen molar-refractivity contribution in [3.05, 3.63) is 34.6 Å². The van der Waals surface area contributed by atoms with Crippen molar-refractivity contribution in [2.24, 2.45) is 0 Å². The van der Waals surface area contributed by atoms with Crippen LogP contribution in [0.15, 0.2) is 22.7 Å². The zero-order valence-electron chi connectivity index (χ0n) is 10.8. The van der Waals surface area contributed by atoms with Crippen molar-refractivity contribution in [3.63, 3.8) is 0 Å². The first-order valence-electron chi connectivity index (χ1n) is 6.55. The molecule has 1 aliphatic heterocycles. The van der Waals surface area contributed by atoms with Gasteiger partial charge in [-0.25, -0.2) is 0 Å². The minimum Gasteiger partial charge on any atom is -0.334 e. The molecular formula is C14H16ClN3O. The van der Waals surface area contributed by atoms with Crippen LogP contribution in [0.1, 0.15) is 30.1 Å². The molecule has 1 aromatic heterocycles. The Hall–Kier alpha value is -1.39. The summed E-state index contributed by atoms with van der Waals surface area (Å²) < 4.78 is 5.40. The van der Waals surface area contributed by atoms with Crippen LogP contribution >= 0.6 is 11.6 Å². The minimum absolute atomic E-state index is 0.409. The minimum atomic E-state index is 0.409. The van der Waals surface area contributed by atoms with Crippen LogP contribution in [0.3, 0.4) is 0 Å². The fourth-order valence-electron chi connectivity index (χ4n) is 2.46. The quantitative estimate of drug-likeness (QED) is 0.916. The Kier molecular flexibility index (Phi) is 3.53. The van der Waals surface area contributed by atoms with Crippen LogP contribution in [-0.2, 0) is 0 Å². The summed E-state index contributed by atoms with van der Waals surface area (Å²) >= 11 is 5.96. The van der Waals surface area contributed by atoms with Gasteiger partial charge in [0.15, 0.2) is 5.82 Å². The Morgan fingerprint density at radius 1 is 1.32 bits per heavy atom. The van der Waals surface area contributed by atoms with Gasteiger partial charge in [-0.1, -0.05) is 16.8 Å². The Bertz CT molecular complexity index is 576. The van der Waals surface area contributed by atoms with Gasteiger partial charge in [0, 0.05) is 16.5 Å². The van der Waals surface area contributed by atoms with Crippen LogP contribution < -0.4 is 5.32 Å². The van der Waals surface area contributed by atoms with E-state index in [0.29, 0.717) is 11.8 Å². The Morgan fingerprint density at radius 3 is 2.84 bits per heavy atom. The van der Waals surface area contributed by atoms with Gasteiger partial charge in [0.1, 0.15) is 0 Å². The maximum Gasteiger partial charge on any atom is 0.258 e. The van der Waals surface area contributed by atoms with Crippen molar-refractivity contribution in [3.8, 4) is 11.5 Å². The maximum atomic E-state index is 5.96. The second kappa shape index (κ2) is 5.31. The molecule has 2 heterocycles. The topological polar surface area (TPSA) is 51.0 Å². The van der Waals surface area contributed by atoms with Gasteiger partial charge < -0.3 is 9.84 Å². The molecule has 1 aromatic carbocycles. The van der Waals surface area contributed by atoms with Gasteiger partial charge in [-0.15, -0.1) is 0 Å². The van der Waals surface area contributed by atoms with Crippen LogP contribution in [0.25, 0.3) is 11.5 Å². The highest BCUT2D eigenvalue weighted by Crippen LogP contribution is 2.28. The zero-order chi connectivity index (χ0) is 13.2. The largest absolute Gasteiger partial charge is 0.334 e. The molecular weight excluding hydrogens is 262 g/mol. The summed E-state index contributed by atoms with van der Waals surface area (Å²) in [7, 11) is 0. The van der Waals surface area contributed by atoms with Crippen molar-refractivity contribution < 1.29 is 4.52 Å². The third kappa shape index (κ3) is 2.65. The monoisotopic (exact) mass is 277 g/mol. The molecule has 4 nitrogen and oxygen atoms in total. The Morgan fingerprint density at radius 2 is 2.11 bits per heavy atom. The van der Waals surface area contributed by atoms with Gasteiger partial charge in [-0.05, 0) is 56.6 Å². The van der Waals surface area contributed by atoms with E-state index in [9.17, 15) is 0 Å². The molecule has 3 rings (SSSR count). The highest BCUT2D eigenvalue weighted by molar-refractivity contribution is 6.30. The van der Waals surface area contributed by atoms with E-state index in [4.69, 9.17) is 16.1 Å². The fourth-order valence-corrected chi connectivity index (χ4v) is 2.68. The molecule has 0 spiro atoms. The van der Waals surface area contributed by atoms with Crippen LogP contribution in [0, 0.1) is 6.92 Å². The molecule has 19 heavy (non-hydrogen) atoms. The number of nitrogens with one attached hydrogen (secondary N) is 1. The molecule has 1 N–H and O–H groups in total. The second-order valence-electron chi connectivity index (χ2n) is 4.94. The number of benzene rings is 1. The molecule has 0 bridgehead atoms. The predicted octanol–water partition coefficient (Wildman–Crippen LogP) is 3.17. The van der Waals surface area contributed by atoms with Gasteiger partial charge in [0.05, 0.1) is 0 Å². The van der Waals surface area contributed by atoms with Crippen LogP contribution in [-0.4, -0.2) is 23.2 Å².